The molecule has 0 radical (unpaired) electrons. The Hall–Kier alpha value is -2.60. The molecule has 0 aliphatic rings. The molecule has 0 aliphatic heterocycles. The van der Waals surface area contributed by atoms with E-state index < -0.39 is 18.0 Å². The van der Waals surface area contributed by atoms with E-state index in [9.17, 15) is 14.7 Å². The number of H-pyrrole nitrogens is 1. The summed E-state index contributed by atoms with van der Waals surface area (Å²) in [5.74, 6) is -0.698. The number of benzene rings is 1. The number of aryl methyl sites for hydroxylation is 1. The van der Waals surface area contributed by atoms with Gasteiger partial charge in [0.15, 0.2) is 6.61 Å². The molecule has 146 valence electrons. The van der Waals surface area contributed by atoms with Crippen molar-refractivity contribution in [2.45, 2.75) is 53.1 Å². The van der Waals surface area contributed by atoms with Crippen LogP contribution in [0.1, 0.15) is 72.1 Å². The van der Waals surface area contributed by atoms with Gasteiger partial charge in [0.1, 0.15) is 5.69 Å². The van der Waals surface area contributed by atoms with E-state index in [-0.39, 0.29) is 12.3 Å². The summed E-state index contributed by atoms with van der Waals surface area (Å²) in [4.78, 5) is 27.5. The van der Waals surface area contributed by atoms with Gasteiger partial charge in [-0.2, -0.15) is 0 Å². The van der Waals surface area contributed by atoms with Crippen LogP contribution in [-0.4, -0.2) is 28.6 Å². The van der Waals surface area contributed by atoms with Gasteiger partial charge in [0.2, 0.25) is 0 Å². The Kier molecular flexibility index (Phi) is 6.80. The quantitative estimate of drug-likeness (QED) is 0.641. The molecule has 0 aliphatic carbocycles. The van der Waals surface area contributed by atoms with Crippen LogP contribution >= 0.6 is 0 Å². The summed E-state index contributed by atoms with van der Waals surface area (Å²) in [6.07, 6.45) is 0.266. The molecule has 0 bridgehead atoms. The number of carbonyl (C=O) groups is 2. The lowest BCUT2D eigenvalue weighted by Crippen LogP contribution is -2.22. The Morgan fingerprint density at radius 2 is 1.89 bits per heavy atom. The molecular weight excluding hydrogens is 344 g/mol. The highest BCUT2D eigenvalue weighted by molar-refractivity contribution is 5.96. The predicted molar refractivity (Wildman–Crippen MR) is 105 cm³/mol. The third-order valence-electron chi connectivity index (χ3n) is 4.83. The minimum absolute atomic E-state index is 0.260. The first-order valence-corrected chi connectivity index (χ1v) is 9.19. The molecule has 0 spiro atoms. The van der Waals surface area contributed by atoms with Crippen LogP contribution in [0.25, 0.3) is 0 Å². The van der Waals surface area contributed by atoms with Crippen LogP contribution in [0.5, 0.6) is 0 Å². The standard InChI is InChI=1S/C21H28N2O4/c1-6-12(2)16-9-7-8-10-17(16)23-18(25)11-27-21(26)20-13(3)19(15(5)24)14(4)22-20/h7-10,12,15,22,24H,6,11H2,1-5H3,(H,23,25)/t12-,15+/m0/s1. The molecule has 0 saturated carbocycles. The lowest BCUT2D eigenvalue weighted by atomic mass is 9.97. The summed E-state index contributed by atoms with van der Waals surface area (Å²) in [5.41, 5.74) is 4.06. The predicted octanol–water partition coefficient (Wildman–Crippen LogP) is 3.99. The van der Waals surface area contributed by atoms with Crippen molar-refractivity contribution in [2.75, 3.05) is 11.9 Å². The van der Waals surface area contributed by atoms with Crippen LogP contribution in [0.15, 0.2) is 24.3 Å². The Balaban J connectivity index is 2.03. The Morgan fingerprint density at radius 3 is 2.48 bits per heavy atom. The number of anilines is 1. The van der Waals surface area contributed by atoms with Crippen LogP contribution in [0.2, 0.25) is 0 Å². The van der Waals surface area contributed by atoms with Gasteiger partial charge in [-0.3, -0.25) is 4.79 Å². The maximum atomic E-state index is 12.3. The van der Waals surface area contributed by atoms with Gasteiger partial charge in [-0.05, 0) is 50.3 Å². The molecule has 2 aromatic rings. The fraction of sp³-hybridized carbons (Fsp3) is 0.429. The monoisotopic (exact) mass is 372 g/mol. The minimum atomic E-state index is -0.692. The van der Waals surface area contributed by atoms with Crippen molar-refractivity contribution in [2.24, 2.45) is 0 Å². The average Bonchev–Trinajstić information content (AvgIpc) is 2.94. The van der Waals surface area contributed by atoms with Gasteiger partial charge < -0.3 is 20.1 Å². The number of carbonyl (C=O) groups excluding carboxylic acids is 2. The molecule has 0 saturated heterocycles. The molecule has 3 N–H and O–H groups in total. The van der Waals surface area contributed by atoms with E-state index in [1.165, 1.54) is 0 Å². The molecule has 6 nitrogen and oxygen atoms in total. The topological polar surface area (TPSA) is 91.4 Å². The zero-order chi connectivity index (χ0) is 20.1. The van der Waals surface area contributed by atoms with Crippen molar-refractivity contribution >= 4 is 17.6 Å². The fourth-order valence-corrected chi connectivity index (χ4v) is 3.25. The minimum Gasteiger partial charge on any atom is -0.451 e. The van der Waals surface area contributed by atoms with Crippen molar-refractivity contribution in [3.63, 3.8) is 0 Å². The smallest absolute Gasteiger partial charge is 0.355 e. The fourth-order valence-electron chi connectivity index (χ4n) is 3.25. The summed E-state index contributed by atoms with van der Waals surface area (Å²) >= 11 is 0. The van der Waals surface area contributed by atoms with Gasteiger partial charge in [-0.1, -0.05) is 32.0 Å². The lowest BCUT2D eigenvalue weighted by Gasteiger charge is -2.15. The van der Waals surface area contributed by atoms with E-state index in [1.807, 2.05) is 24.3 Å². The molecule has 2 rings (SSSR count). The van der Waals surface area contributed by atoms with Crippen LogP contribution in [-0.2, 0) is 9.53 Å². The first-order valence-electron chi connectivity index (χ1n) is 9.19. The number of ether oxygens (including phenoxy) is 1. The molecule has 2 atom stereocenters. The molecule has 0 fully saturated rings. The second-order valence-corrected chi connectivity index (χ2v) is 6.86. The first-order chi connectivity index (χ1) is 12.8. The van der Waals surface area contributed by atoms with E-state index in [0.717, 1.165) is 17.7 Å². The third kappa shape index (κ3) is 4.77. The largest absolute Gasteiger partial charge is 0.451 e. The van der Waals surface area contributed by atoms with E-state index in [4.69, 9.17) is 4.74 Å². The number of rotatable bonds is 7. The van der Waals surface area contributed by atoms with Crippen LogP contribution in [0.3, 0.4) is 0 Å². The maximum Gasteiger partial charge on any atom is 0.355 e. The van der Waals surface area contributed by atoms with E-state index >= 15 is 0 Å². The molecular formula is C21H28N2O4. The molecule has 1 amide bonds. The zero-order valence-electron chi connectivity index (χ0n) is 16.6. The van der Waals surface area contributed by atoms with E-state index in [1.54, 1.807) is 20.8 Å². The molecule has 0 unspecified atom stereocenters. The molecule has 27 heavy (non-hydrogen) atoms. The SMILES string of the molecule is CC[C@H](C)c1ccccc1NC(=O)COC(=O)c1[nH]c(C)c([C@@H](C)O)c1C. The van der Waals surface area contributed by atoms with Gasteiger partial charge in [-0.15, -0.1) is 0 Å². The summed E-state index contributed by atoms with van der Waals surface area (Å²) in [6.45, 7) is 8.97. The summed E-state index contributed by atoms with van der Waals surface area (Å²) in [7, 11) is 0. The van der Waals surface area contributed by atoms with Crippen molar-refractivity contribution in [3.05, 3.63) is 52.3 Å². The number of para-hydroxylation sites is 1. The molecule has 1 aromatic heterocycles. The number of hydrogen-bond donors (Lipinski definition) is 3. The Labute approximate surface area is 159 Å². The summed E-state index contributed by atoms with van der Waals surface area (Å²) in [5, 5.41) is 12.6. The number of aliphatic hydroxyl groups is 1. The van der Waals surface area contributed by atoms with Crippen LogP contribution in [0.4, 0.5) is 5.69 Å². The molecule has 1 aromatic carbocycles. The number of aliphatic hydroxyl groups excluding tert-OH is 1. The molecule has 6 heteroatoms. The third-order valence-corrected chi connectivity index (χ3v) is 4.83. The highest BCUT2D eigenvalue weighted by atomic mass is 16.5. The Bertz CT molecular complexity index is 824. The second-order valence-electron chi connectivity index (χ2n) is 6.86. The van der Waals surface area contributed by atoms with Crippen LogP contribution in [0, 0.1) is 13.8 Å². The van der Waals surface area contributed by atoms with Gasteiger partial charge in [0.05, 0.1) is 6.10 Å². The van der Waals surface area contributed by atoms with Gasteiger partial charge >= 0.3 is 5.97 Å². The number of aromatic amines is 1. The molecule has 1 heterocycles. The van der Waals surface area contributed by atoms with Gasteiger partial charge in [0.25, 0.3) is 5.91 Å². The van der Waals surface area contributed by atoms with E-state index in [0.29, 0.717) is 22.7 Å². The number of amides is 1. The summed E-state index contributed by atoms with van der Waals surface area (Å²) in [6, 6.07) is 7.62. The second kappa shape index (κ2) is 8.86. The number of esters is 1. The highest BCUT2D eigenvalue weighted by Gasteiger charge is 2.21. The van der Waals surface area contributed by atoms with E-state index in [2.05, 4.69) is 24.1 Å². The van der Waals surface area contributed by atoms with Crippen LogP contribution < -0.4 is 5.32 Å². The van der Waals surface area contributed by atoms with Crippen molar-refractivity contribution in [1.82, 2.24) is 4.98 Å². The van der Waals surface area contributed by atoms with Crippen molar-refractivity contribution in [3.8, 4) is 0 Å². The first kappa shape index (κ1) is 20.7. The highest BCUT2D eigenvalue weighted by Crippen LogP contribution is 2.27. The normalized spacial score (nSPS) is 13.1. The van der Waals surface area contributed by atoms with Gasteiger partial charge in [0, 0.05) is 16.9 Å². The number of nitrogens with one attached hydrogen (secondary N) is 2. The van der Waals surface area contributed by atoms with Crippen molar-refractivity contribution < 1.29 is 19.4 Å². The average molecular weight is 372 g/mol. The summed E-state index contributed by atoms with van der Waals surface area (Å²) < 4.78 is 5.15. The Morgan fingerprint density at radius 1 is 1.22 bits per heavy atom. The van der Waals surface area contributed by atoms with Crippen molar-refractivity contribution in [1.29, 1.82) is 0 Å². The number of hydrogen-bond acceptors (Lipinski definition) is 4. The lowest BCUT2D eigenvalue weighted by molar-refractivity contribution is -0.119. The number of aromatic nitrogens is 1. The zero-order valence-corrected chi connectivity index (χ0v) is 16.6. The van der Waals surface area contributed by atoms with Gasteiger partial charge in [-0.25, -0.2) is 4.79 Å². The maximum absolute atomic E-state index is 12.3.